The minimum absolute atomic E-state index is 0.251. The highest BCUT2D eigenvalue weighted by molar-refractivity contribution is 8.04. The largest absolute Gasteiger partial charge is 0.327 e. The second-order valence-corrected chi connectivity index (χ2v) is 7.22. The minimum atomic E-state index is -0.484. The summed E-state index contributed by atoms with van der Waals surface area (Å²) in [5.74, 6) is -1.01. The van der Waals surface area contributed by atoms with Crippen molar-refractivity contribution in [1.29, 1.82) is 0 Å². The molecule has 2 unspecified atom stereocenters. The second-order valence-electron chi connectivity index (χ2n) is 6.06. The van der Waals surface area contributed by atoms with Crippen LogP contribution in [0, 0.1) is 19.8 Å². The van der Waals surface area contributed by atoms with Crippen LogP contribution in [0.4, 0.5) is 10.5 Å². The SMILES string of the molecule is Cc1cccc(NC(=O)C2=CC3C(=O)N(C)C(=O)N(C)C3S2)c1C. The van der Waals surface area contributed by atoms with Gasteiger partial charge in [-0.05, 0) is 37.1 Å². The van der Waals surface area contributed by atoms with E-state index in [9.17, 15) is 14.4 Å². The van der Waals surface area contributed by atoms with Gasteiger partial charge in [-0.2, -0.15) is 0 Å². The molecule has 2 atom stereocenters. The number of carbonyl (C=O) groups is 3. The number of nitrogens with one attached hydrogen (secondary N) is 1. The van der Waals surface area contributed by atoms with Gasteiger partial charge in [0.15, 0.2) is 0 Å². The summed E-state index contributed by atoms with van der Waals surface area (Å²) < 4.78 is 0. The van der Waals surface area contributed by atoms with Crippen molar-refractivity contribution in [2.45, 2.75) is 19.2 Å². The number of imide groups is 1. The zero-order chi connectivity index (χ0) is 17.6. The van der Waals surface area contributed by atoms with Crippen molar-refractivity contribution in [1.82, 2.24) is 9.80 Å². The monoisotopic (exact) mass is 345 g/mol. The van der Waals surface area contributed by atoms with E-state index in [2.05, 4.69) is 5.32 Å². The quantitative estimate of drug-likeness (QED) is 0.893. The predicted molar refractivity (Wildman–Crippen MR) is 93.4 cm³/mol. The predicted octanol–water partition coefficient (Wildman–Crippen LogP) is 2.34. The summed E-state index contributed by atoms with van der Waals surface area (Å²) in [6, 6.07) is 5.37. The molecule has 0 radical (unpaired) electrons. The van der Waals surface area contributed by atoms with Crippen molar-refractivity contribution >= 4 is 35.3 Å². The van der Waals surface area contributed by atoms with E-state index < -0.39 is 5.92 Å². The van der Waals surface area contributed by atoms with Gasteiger partial charge >= 0.3 is 6.03 Å². The Morgan fingerprint density at radius 3 is 2.62 bits per heavy atom. The van der Waals surface area contributed by atoms with Gasteiger partial charge in [0.2, 0.25) is 5.91 Å². The minimum Gasteiger partial charge on any atom is -0.321 e. The number of hydrogen-bond acceptors (Lipinski definition) is 4. The topological polar surface area (TPSA) is 69.7 Å². The molecule has 1 fully saturated rings. The van der Waals surface area contributed by atoms with Gasteiger partial charge in [0, 0.05) is 19.8 Å². The average Bonchev–Trinajstić information content (AvgIpc) is 3.01. The molecule has 0 spiro atoms. The molecule has 1 N–H and O–H groups in total. The molecule has 3 rings (SSSR count). The third-order valence-corrected chi connectivity index (χ3v) is 5.97. The van der Waals surface area contributed by atoms with Crippen LogP contribution in [0.5, 0.6) is 0 Å². The fourth-order valence-electron chi connectivity index (χ4n) is 2.86. The molecule has 24 heavy (non-hydrogen) atoms. The molecule has 0 aromatic heterocycles. The van der Waals surface area contributed by atoms with Gasteiger partial charge in [0.25, 0.3) is 5.91 Å². The number of hydrogen-bond donors (Lipinski definition) is 1. The van der Waals surface area contributed by atoms with Crippen LogP contribution >= 0.6 is 11.8 Å². The van der Waals surface area contributed by atoms with Crippen molar-refractivity contribution < 1.29 is 14.4 Å². The lowest BCUT2D eigenvalue weighted by Crippen LogP contribution is -2.56. The average molecular weight is 345 g/mol. The van der Waals surface area contributed by atoms with Crippen LogP contribution in [0.1, 0.15) is 11.1 Å². The van der Waals surface area contributed by atoms with Gasteiger partial charge in [-0.1, -0.05) is 23.9 Å². The molecular formula is C17H19N3O3S. The van der Waals surface area contributed by atoms with Crippen molar-refractivity contribution in [3.05, 3.63) is 40.3 Å². The van der Waals surface area contributed by atoms with Crippen molar-refractivity contribution in [2.24, 2.45) is 5.92 Å². The second kappa shape index (κ2) is 5.98. The lowest BCUT2D eigenvalue weighted by Gasteiger charge is -2.37. The molecule has 1 aromatic carbocycles. The molecule has 2 aliphatic rings. The summed E-state index contributed by atoms with van der Waals surface area (Å²) in [4.78, 5) is 39.9. The molecule has 6 nitrogen and oxygen atoms in total. The van der Waals surface area contributed by atoms with Crippen LogP contribution in [0.15, 0.2) is 29.2 Å². The lowest BCUT2D eigenvalue weighted by atomic mass is 10.0. The van der Waals surface area contributed by atoms with Gasteiger partial charge in [0.05, 0.1) is 16.2 Å². The Morgan fingerprint density at radius 1 is 1.21 bits per heavy atom. The Hall–Kier alpha value is -2.28. The van der Waals surface area contributed by atoms with E-state index in [4.69, 9.17) is 0 Å². The number of urea groups is 1. The summed E-state index contributed by atoms with van der Waals surface area (Å²) >= 11 is 1.26. The summed E-state index contributed by atoms with van der Waals surface area (Å²) in [6.07, 6.45) is 1.66. The highest BCUT2D eigenvalue weighted by Crippen LogP contribution is 2.42. The van der Waals surface area contributed by atoms with E-state index in [1.807, 2.05) is 32.0 Å². The first-order valence-corrected chi connectivity index (χ1v) is 8.49. The van der Waals surface area contributed by atoms with Gasteiger partial charge in [0.1, 0.15) is 0 Å². The highest BCUT2D eigenvalue weighted by atomic mass is 32.2. The molecule has 1 saturated heterocycles. The Kier molecular flexibility index (Phi) is 4.13. The van der Waals surface area contributed by atoms with E-state index in [1.165, 1.54) is 23.7 Å². The Labute approximate surface area is 144 Å². The third-order valence-electron chi connectivity index (χ3n) is 4.55. The Balaban J connectivity index is 1.81. The number of thioether (sulfide) groups is 1. The zero-order valence-electron chi connectivity index (χ0n) is 14.0. The Bertz CT molecular complexity index is 774. The molecule has 0 aliphatic carbocycles. The summed E-state index contributed by atoms with van der Waals surface area (Å²) in [6.45, 7) is 3.93. The zero-order valence-corrected chi connectivity index (χ0v) is 14.8. The van der Waals surface area contributed by atoms with E-state index >= 15 is 0 Å². The number of fused-ring (bicyclic) bond motifs is 1. The van der Waals surface area contributed by atoms with Crippen molar-refractivity contribution in [2.75, 3.05) is 19.4 Å². The Morgan fingerprint density at radius 2 is 1.92 bits per heavy atom. The summed E-state index contributed by atoms with van der Waals surface area (Å²) in [5, 5.41) is 2.54. The molecule has 4 amide bonds. The van der Waals surface area contributed by atoms with Crippen LogP contribution < -0.4 is 5.32 Å². The maximum atomic E-state index is 12.6. The fourth-order valence-corrected chi connectivity index (χ4v) is 4.10. The molecule has 7 heteroatoms. The molecule has 0 bridgehead atoms. The van der Waals surface area contributed by atoms with Crippen molar-refractivity contribution in [3.63, 3.8) is 0 Å². The van der Waals surface area contributed by atoms with Crippen LogP contribution in [0.25, 0.3) is 0 Å². The number of anilines is 1. The molecule has 126 valence electrons. The van der Waals surface area contributed by atoms with E-state index in [0.29, 0.717) is 4.91 Å². The fraction of sp³-hybridized carbons (Fsp3) is 0.353. The lowest BCUT2D eigenvalue weighted by molar-refractivity contribution is -0.133. The molecule has 0 saturated carbocycles. The van der Waals surface area contributed by atoms with Gasteiger partial charge in [-0.15, -0.1) is 0 Å². The van der Waals surface area contributed by atoms with E-state index in [1.54, 1.807) is 13.1 Å². The number of benzene rings is 1. The molecular weight excluding hydrogens is 326 g/mol. The number of amides is 4. The number of carbonyl (C=O) groups excluding carboxylic acids is 3. The first-order valence-electron chi connectivity index (χ1n) is 7.61. The van der Waals surface area contributed by atoms with Crippen molar-refractivity contribution in [3.8, 4) is 0 Å². The summed E-state index contributed by atoms with van der Waals surface area (Å²) in [5.41, 5.74) is 2.86. The summed E-state index contributed by atoms with van der Waals surface area (Å²) in [7, 11) is 3.11. The molecule has 1 aromatic rings. The first kappa shape index (κ1) is 16.6. The number of nitrogens with zero attached hydrogens (tertiary/aromatic N) is 2. The molecule has 2 heterocycles. The number of aryl methyl sites for hydroxylation is 1. The maximum absolute atomic E-state index is 12.6. The van der Waals surface area contributed by atoms with Gasteiger partial charge < -0.3 is 10.2 Å². The standard InChI is InChI=1S/C17H19N3O3S/c1-9-6-5-7-12(10(9)2)18-14(21)13-8-11-15(22)19(3)17(23)20(4)16(11)24-13/h5-8,11,16H,1-4H3,(H,18,21). The number of rotatable bonds is 2. The van der Waals surface area contributed by atoms with Crippen LogP contribution in [0.2, 0.25) is 0 Å². The maximum Gasteiger partial charge on any atom is 0.327 e. The van der Waals surface area contributed by atoms with E-state index in [-0.39, 0.29) is 23.2 Å². The normalized spacial score (nSPS) is 23.2. The van der Waals surface area contributed by atoms with Crippen LogP contribution in [-0.4, -0.2) is 47.1 Å². The van der Waals surface area contributed by atoms with Gasteiger partial charge in [-0.3, -0.25) is 14.5 Å². The third kappa shape index (κ3) is 2.58. The smallest absolute Gasteiger partial charge is 0.321 e. The van der Waals surface area contributed by atoms with Crippen LogP contribution in [0.3, 0.4) is 0 Å². The first-order chi connectivity index (χ1) is 11.3. The van der Waals surface area contributed by atoms with E-state index in [0.717, 1.165) is 21.7 Å². The molecule has 2 aliphatic heterocycles. The highest BCUT2D eigenvalue weighted by Gasteiger charge is 2.47. The van der Waals surface area contributed by atoms with Gasteiger partial charge in [-0.25, -0.2) is 4.79 Å². The van der Waals surface area contributed by atoms with Crippen LogP contribution in [-0.2, 0) is 9.59 Å².